The Morgan fingerprint density at radius 3 is 2.26 bits per heavy atom. The van der Waals surface area contributed by atoms with Crippen LogP contribution in [0.1, 0.15) is 28.5 Å². The van der Waals surface area contributed by atoms with E-state index < -0.39 is 12.0 Å². The molecule has 9 heteroatoms. The standard InChI is InChI=1S/C26H24N4O5/c1-3-34-25(32)18-5-7-19(8-6-18)28-26(33)29-20-9-11-22(12-10-20)35-16-21-14-24(31)30-15-17(2)4-13-23(30)27-21/h4-15H,3,16H2,1-2H3,(H2,28,29,33). The van der Waals surface area contributed by atoms with Gasteiger partial charge in [0, 0.05) is 23.6 Å². The number of anilines is 2. The molecule has 4 aromatic rings. The lowest BCUT2D eigenvalue weighted by atomic mass is 10.2. The summed E-state index contributed by atoms with van der Waals surface area (Å²) < 4.78 is 12.2. The van der Waals surface area contributed by atoms with Crippen molar-refractivity contribution >= 4 is 29.0 Å². The lowest BCUT2D eigenvalue weighted by molar-refractivity contribution is 0.0526. The summed E-state index contributed by atoms with van der Waals surface area (Å²) in [6.07, 6.45) is 1.75. The molecule has 0 radical (unpaired) electrons. The molecule has 0 saturated carbocycles. The number of pyridine rings is 1. The molecule has 4 rings (SSSR count). The summed E-state index contributed by atoms with van der Waals surface area (Å²) in [5.41, 5.74) is 3.39. The minimum atomic E-state index is -0.432. The quantitative estimate of drug-likeness (QED) is 0.386. The number of hydrogen-bond acceptors (Lipinski definition) is 6. The van der Waals surface area contributed by atoms with E-state index in [9.17, 15) is 14.4 Å². The molecule has 0 aliphatic heterocycles. The number of ether oxygens (including phenoxy) is 2. The van der Waals surface area contributed by atoms with Crippen LogP contribution in [0.2, 0.25) is 0 Å². The Labute approximate surface area is 201 Å². The van der Waals surface area contributed by atoms with Crippen molar-refractivity contribution in [2.45, 2.75) is 20.5 Å². The number of esters is 1. The summed E-state index contributed by atoms with van der Waals surface area (Å²) in [4.78, 5) is 40.8. The van der Waals surface area contributed by atoms with Crippen LogP contribution < -0.4 is 20.9 Å². The molecule has 9 nitrogen and oxygen atoms in total. The second kappa shape index (κ2) is 10.5. The summed E-state index contributed by atoms with van der Waals surface area (Å²) in [5, 5.41) is 5.43. The fourth-order valence-corrected chi connectivity index (χ4v) is 3.32. The average molecular weight is 473 g/mol. The van der Waals surface area contributed by atoms with Crippen LogP contribution in [0.25, 0.3) is 5.65 Å². The monoisotopic (exact) mass is 472 g/mol. The molecular formula is C26H24N4O5. The summed E-state index contributed by atoms with van der Waals surface area (Å²) in [6, 6.07) is 17.9. The molecule has 0 atom stereocenters. The van der Waals surface area contributed by atoms with Crippen LogP contribution in [0, 0.1) is 6.92 Å². The zero-order chi connectivity index (χ0) is 24.8. The zero-order valence-corrected chi connectivity index (χ0v) is 19.3. The lowest BCUT2D eigenvalue weighted by Gasteiger charge is -2.10. The van der Waals surface area contributed by atoms with E-state index in [0.717, 1.165) is 5.56 Å². The Kier molecular flexibility index (Phi) is 7.06. The highest BCUT2D eigenvalue weighted by atomic mass is 16.5. The van der Waals surface area contributed by atoms with Crippen LogP contribution >= 0.6 is 0 Å². The van der Waals surface area contributed by atoms with Gasteiger partial charge in [0.2, 0.25) is 0 Å². The summed E-state index contributed by atoms with van der Waals surface area (Å²) in [6.45, 7) is 4.08. The second-order valence-corrected chi connectivity index (χ2v) is 7.71. The van der Waals surface area contributed by atoms with Crippen LogP contribution in [0.5, 0.6) is 5.75 Å². The van der Waals surface area contributed by atoms with Crippen molar-refractivity contribution in [3.8, 4) is 5.75 Å². The SMILES string of the molecule is CCOC(=O)c1ccc(NC(=O)Nc2ccc(OCc3cc(=O)n4cc(C)ccc4n3)cc2)cc1. The molecular weight excluding hydrogens is 448 g/mol. The van der Waals surface area contributed by atoms with Crippen molar-refractivity contribution in [3.63, 3.8) is 0 Å². The number of nitrogens with one attached hydrogen (secondary N) is 2. The van der Waals surface area contributed by atoms with Crippen molar-refractivity contribution in [1.82, 2.24) is 9.38 Å². The van der Waals surface area contributed by atoms with E-state index in [1.807, 2.05) is 13.0 Å². The highest BCUT2D eigenvalue weighted by Gasteiger charge is 2.08. The molecule has 0 aliphatic carbocycles. The van der Waals surface area contributed by atoms with Crippen LogP contribution in [-0.2, 0) is 11.3 Å². The maximum absolute atomic E-state index is 12.3. The number of carbonyl (C=O) groups is 2. The first-order valence-electron chi connectivity index (χ1n) is 11.0. The number of urea groups is 1. The Morgan fingerprint density at radius 2 is 1.60 bits per heavy atom. The lowest BCUT2D eigenvalue weighted by Crippen LogP contribution is -2.19. The van der Waals surface area contributed by atoms with Gasteiger partial charge in [0.05, 0.1) is 17.9 Å². The largest absolute Gasteiger partial charge is 0.487 e. The first-order chi connectivity index (χ1) is 16.9. The van der Waals surface area contributed by atoms with E-state index >= 15 is 0 Å². The van der Waals surface area contributed by atoms with E-state index in [2.05, 4.69) is 15.6 Å². The zero-order valence-electron chi connectivity index (χ0n) is 19.3. The molecule has 0 bridgehead atoms. The van der Waals surface area contributed by atoms with Crippen molar-refractivity contribution in [2.75, 3.05) is 17.2 Å². The molecule has 0 aliphatic rings. The van der Waals surface area contributed by atoms with Crippen molar-refractivity contribution in [3.05, 3.63) is 100 Å². The Balaban J connectivity index is 1.31. The van der Waals surface area contributed by atoms with Crippen LogP contribution in [0.15, 0.2) is 77.7 Å². The van der Waals surface area contributed by atoms with Gasteiger partial charge in [-0.2, -0.15) is 0 Å². The molecule has 0 spiro atoms. The fraction of sp³-hybridized carbons (Fsp3) is 0.154. The molecule has 178 valence electrons. The third-order valence-corrected chi connectivity index (χ3v) is 5.01. The second-order valence-electron chi connectivity index (χ2n) is 7.71. The number of hydrogen-bond donors (Lipinski definition) is 2. The highest BCUT2D eigenvalue weighted by molar-refractivity contribution is 6.00. The van der Waals surface area contributed by atoms with E-state index in [4.69, 9.17) is 9.47 Å². The van der Waals surface area contributed by atoms with Gasteiger partial charge in [0.1, 0.15) is 18.0 Å². The van der Waals surface area contributed by atoms with Crippen molar-refractivity contribution < 1.29 is 19.1 Å². The van der Waals surface area contributed by atoms with Gasteiger partial charge in [-0.25, -0.2) is 14.6 Å². The molecule has 2 heterocycles. The van der Waals surface area contributed by atoms with Gasteiger partial charge in [0.25, 0.3) is 5.56 Å². The third-order valence-electron chi connectivity index (χ3n) is 5.01. The number of rotatable bonds is 7. The summed E-state index contributed by atoms with van der Waals surface area (Å²) in [5.74, 6) is 0.154. The van der Waals surface area contributed by atoms with Crippen LogP contribution in [0.4, 0.5) is 16.2 Å². The van der Waals surface area contributed by atoms with E-state index in [-0.39, 0.29) is 12.2 Å². The minimum Gasteiger partial charge on any atom is -0.487 e. The third kappa shape index (κ3) is 6.02. The van der Waals surface area contributed by atoms with Gasteiger partial charge in [-0.05, 0) is 74.0 Å². The van der Waals surface area contributed by atoms with Crippen molar-refractivity contribution in [2.24, 2.45) is 0 Å². The minimum absolute atomic E-state index is 0.134. The molecule has 2 aromatic heterocycles. The Bertz CT molecular complexity index is 1410. The van der Waals surface area contributed by atoms with Gasteiger partial charge in [0.15, 0.2) is 0 Å². The van der Waals surface area contributed by atoms with Gasteiger partial charge >= 0.3 is 12.0 Å². The molecule has 0 unspecified atom stereocenters. The smallest absolute Gasteiger partial charge is 0.338 e. The highest BCUT2D eigenvalue weighted by Crippen LogP contribution is 2.18. The maximum Gasteiger partial charge on any atom is 0.338 e. The predicted molar refractivity (Wildman–Crippen MR) is 132 cm³/mol. The van der Waals surface area contributed by atoms with Gasteiger partial charge in [-0.1, -0.05) is 6.07 Å². The van der Waals surface area contributed by atoms with Gasteiger partial charge in [-0.3, -0.25) is 9.20 Å². The molecule has 35 heavy (non-hydrogen) atoms. The number of aromatic nitrogens is 2. The number of aryl methyl sites for hydroxylation is 1. The first kappa shape index (κ1) is 23.5. The Morgan fingerprint density at radius 1 is 0.943 bits per heavy atom. The summed E-state index contributed by atoms with van der Waals surface area (Å²) >= 11 is 0. The number of carbonyl (C=O) groups excluding carboxylic acids is 2. The molecule has 0 fully saturated rings. The molecule has 2 N–H and O–H groups in total. The van der Waals surface area contributed by atoms with Crippen LogP contribution in [0.3, 0.4) is 0 Å². The van der Waals surface area contributed by atoms with Crippen molar-refractivity contribution in [1.29, 1.82) is 0 Å². The topological polar surface area (TPSA) is 111 Å². The number of fused-ring (bicyclic) bond motifs is 1. The first-order valence-corrected chi connectivity index (χ1v) is 11.0. The van der Waals surface area contributed by atoms with E-state index in [1.54, 1.807) is 67.7 Å². The van der Waals surface area contributed by atoms with Crippen LogP contribution in [-0.4, -0.2) is 28.0 Å². The molecule has 2 amide bonds. The normalized spacial score (nSPS) is 10.6. The summed E-state index contributed by atoms with van der Waals surface area (Å²) in [7, 11) is 0. The maximum atomic E-state index is 12.3. The van der Waals surface area contributed by atoms with E-state index in [0.29, 0.717) is 40.6 Å². The molecule has 2 aromatic carbocycles. The molecule has 0 saturated heterocycles. The fourth-order valence-electron chi connectivity index (χ4n) is 3.32. The van der Waals surface area contributed by atoms with Gasteiger partial charge < -0.3 is 20.1 Å². The number of benzene rings is 2. The van der Waals surface area contributed by atoms with Gasteiger partial charge in [-0.15, -0.1) is 0 Å². The number of nitrogens with zero attached hydrogens (tertiary/aromatic N) is 2. The average Bonchev–Trinajstić information content (AvgIpc) is 2.84. The predicted octanol–water partition coefficient (Wildman–Crippen LogP) is 4.40. The van der Waals surface area contributed by atoms with E-state index in [1.165, 1.54) is 10.5 Å². The number of amides is 2. The Hall–Kier alpha value is -4.66.